The van der Waals surface area contributed by atoms with Gasteiger partial charge in [0.05, 0.1) is 10.5 Å². The predicted octanol–water partition coefficient (Wildman–Crippen LogP) is 1.60. The van der Waals surface area contributed by atoms with E-state index in [1.807, 2.05) is 0 Å². The van der Waals surface area contributed by atoms with E-state index in [1.54, 1.807) is 6.92 Å². The first kappa shape index (κ1) is 19.6. The number of sulfonamides is 1. The van der Waals surface area contributed by atoms with Crippen LogP contribution in [-0.4, -0.2) is 32.6 Å². The fourth-order valence-corrected chi connectivity index (χ4v) is 2.17. The third-order valence-electron chi connectivity index (χ3n) is 2.69. The first-order valence-corrected chi connectivity index (χ1v) is 8.42. The van der Waals surface area contributed by atoms with Crippen molar-refractivity contribution in [3.63, 3.8) is 0 Å². The van der Waals surface area contributed by atoms with Gasteiger partial charge in [-0.1, -0.05) is 20.8 Å². The molecule has 0 saturated carbocycles. The molecular formula is C14H24N2O4S. The van der Waals surface area contributed by atoms with E-state index in [-0.39, 0.29) is 10.5 Å². The Kier molecular flexibility index (Phi) is 8.84. The Bertz CT molecular complexity index is 552. The van der Waals surface area contributed by atoms with Gasteiger partial charge in [-0.2, -0.15) is 0 Å². The molecule has 0 saturated heterocycles. The van der Waals surface area contributed by atoms with Crippen molar-refractivity contribution in [3.05, 3.63) is 29.3 Å². The molecule has 6 nitrogen and oxygen atoms in total. The molecule has 0 aliphatic heterocycles. The minimum absolute atomic E-state index is 0.0654. The number of nitrogens with two attached hydrogens (primary N) is 1. The smallest absolute Gasteiger partial charge is 0.335 e. The van der Waals surface area contributed by atoms with Crippen molar-refractivity contribution in [2.45, 2.75) is 38.5 Å². The van der Waals surface area contributed by atoms with Crippen LogP contribution in [0.4, 0.5) is 0 Å². The minimum atomic E-state index is -3.77. The largest absolute Gasteiger partial charge is 0.478 e. The van der Waals surface area contributed by atoms with Gasteiger partial charge in [-0.3, -0.25) is 0 Å². The van der Waals surface area contributed by atoms with Crippen LogP contribution in [0, 0.1) is 0 Å². The van der Waals surface area contributed by atoms with Crippen molar-refractivity contribution in [1.29, 1.82) is 0 Å². The number of primary sulfonamides is 1. The lowest BCUT2D eigenvalue weighted by Crippen LogP contribution is -2.13. The van der Waals surface area contributed by atoms with E-state index < -0.39 is 16.0 Å². The SMILES string of the molecule is CCCNCC.CCc1cc(S(N)(=O)=O)ccc1C(=O)O. The highest BCUT2D eigenvalue weighted by molar-refractivity contribution is 7.89. The topological polar surface area (TPSA) is 109 Å². The maximum atomic E-state index is 11.0. The number of benzene rings is 1. The predicted molar refractivity (Wildman–Crippen MR) is 83.0 cm³/mol. The fourth-order valence-electron chi connectivity index (χ4n) is 1.60. The van der Waals surface area contributed by atoms with Gasteiger partial charge in [0.1, 0.15) is 0 Å². The number of carbonyl (C=O) groups is 1. The number of hydrogen-bond acceptors (Lipinski definition) is 4. The Morgan fingerprint density at radius 3 is 2.24 bits per heavy atom. The molecule has 7 heteroatoms. The molecule has 0 aromatic heterocycles. The van der Waals surface area contributed by atoms with Crippen molar-refractivity contribution >= 4 is 16.0 Å². The molecule has 120 valence electrons. The van der Waals surface area contributed by atoms with Crippen molar-refractivity contribution in [1.82, 2.24) is 5.32 Å². The van der Waals surface area contributed by atoms with Gasteiger partial charge in [-0.25, -0.2) is 18.4 Å². The zero-order valence-electron chi connectivity index (χ0n) is 12.7. The zero-order valence-corrected chi connectivity index (χ0v) is 13.5. The van der Waals surface area contributed by atoms with Gasteiger partial charge in [0.15, 0.2) is 0 Å². The maximum Gasteiger partial charge on any atom is 0.335 e. The summed E-state index contributed by atoms with van der Waals surface area (Å²) in [4.78, 5) is 10.7. The molecule has 0 spiro atoms. The van der Waals surface area contributed by atoms with Crippen LogP contribution in [-0.2, 0) is 16.4 Å². The molecule has 0 atom stereocenters. The third-order valence-corrected chi connectivity index (χ3v) is 3.60. The van der Waals surface area contributed by atoms with Crippen molar-refractivity contribution in [3.8, 4) is 0 Å². The lowest BCUT2D eigenvalue weighted by atomic mass is 10.1. The van der Waals surface area contributed by atoms with E-state index in [9.17, 15) is 13.2 Å². The van der Waals surface area contributed by atoms with Crippen molar-refractivity contribution in [2.75, 3.05) is 13.1 Å². The first-order chi connectivity index (χ1) is 9.77. The van der Waals surface area contributed by atoms with E-state index in [0.29, 0.717) is 12.0 Å². The summed E-state index contributed by atoms with van der Waals surface area (Å²) in [6.45, 7) is 8.30. The second kappa shape index (κ2) is 9.49. The highest BCUT2D eigenvalue weighted by Gasteiger charge is 2.13. The van der Waals surface area contributed by atoms with E-state index in [0.717, 1.165) is 13.1 Å². The van der Waals surface area contributed by atoms with Gasteiger partial charge in [-0.15, -0.1) is 0 Å². The molecule has 21 heavy (non-hydrogen) atoms. The molecule has 0 amide bonds. The van der Waals surface area contributed by atoms with Crippen LogP contribution in [0.15, 0.2) is 23.1 Å². The van der Waals surface area contributed by atoms with Crippen LogP contribution >= 0.6 is 0 Å². The molecule has 1 aromatic rings. The summed E-state index contributed by atoms with van der Waals surface area (Å²) in [5.41, 5.74) is 0.555. The Balaban J connectivity index is 0.000000567. The molecule has 0 fully saturated rings. The average molecular weight is 316 g/mol. The molecule has 0 heterocycles. The molecule has 4 N–H and O–H groups in total. The van der Waals surface area contributed by atoms with Crippen LogP contribution in [0.2, 0.25) is 0 Å². The van der Waals surface area contributed by atoms with Gasteiger partial charge < -0.3 is 10.4 Å². The zero-order chi connectivity index (χ0) is 16.5. The Hall–Kier alpha value is -1.44. The van der Waals surface area contributed by atoms with Crippen LogP contribution in [0.3, 0.4) is 0 Å². The Morgan fingerprint density at radius 2 is 1.90 bits per heavy atom. The number of nitrogens with one attached hydrogen (secondary N) is 1. The summed E-state index contributed by atoms with van der Waals surface area (Å²) in [5, 5.41) is 16.9. The second-order valence-corrected chi connectivity index (χ2v) is 5.94. The van der Waals surface area contributed by atoms with Crippen LogP contribution in [0.25, 0.3) is 0 Å². The van der Waals surface area contributed by atoms with E-state index in [4.69, 9.17) is 10.2 Å². The minimum Gasteiger partial charge on any atom is -0.478 e. The van der Waals surface area contributed by atoms with Gasteiger partial charge in [0.2, 0.25) is 10.0 Å². The lowest BCUT2D eigenvalue weighted by Gasteiger charge is -2.05. The number of aromatic carboxylic acids is 1. The van der Waals surface area contributed by atoms with Crippen LogP contribution in [0.1, 0.15) is 43.1 Å². The van der Waals surface area contributed by atoms with E-state index in [2.05, 4.69) is 19.2 Å². The monoisotopic (exact) mass is 316 g/mol. The molecule has 0 aliphatic rings. The number of aryl methyl sites for hydroxylation is 1. The summed E-state index contributed by atoms with van der Waals surface area (Å²) < 4.78 is 22.0. The Morgan fingerprint density at radius 1 is 1.29 bits per heavy atom. The number of carboxylic acids is 1. The summed E-state index contributed by atoms with van der Waals surface area (Å²) >= 11 is 0. The normalized spacial score (nSPS) is 10.7. The van der Waals surface area contributed by atoms with Crippen LogP contribution < -0.4 is 10.5 Å². The third kappa shape index (κ3) is 7.22. The van der Waals surface area contributed by atoms with Crippen molar-refractivity contribution in [2.24, 2.45) is 5.14 Å². The quantitative estimate of drug-likeness (QED) is 0.691. The van der Waals surface area contributed by atoms with Gasteiger partial charge in [0, 0.05) is 0 Å². The van der Waals surface area contributed by atoms with E-state index >= 15 is 0 Å². The highest BCUT2D eigenvalue weighted by atomic mass is 32.2. The summed E-state index contributed by atoms with van der Waals surface area (Å²) in [6.07, 6.45) is 1.68. The summed E-state index contributed by atoms with van der Waals surface area (Å²) in [7, 11) is -3.77. The molecule has 0 radical (unpaired) electrons. The molecule has 0 bridgehead atoms. The standard InChI is InChI=1S/C9H11NO4S.C5H13N/c1-2-6-5-7(15(10,13)14)3-4-8(6)9(11)12;1-3-5-6-4-2/h3-5H,2H2,1H3,(H,11,12)(H2,10,13,14);6H,3-5H2,1-2H3. The lowest BCUT2D eigenvalue weighted by molar-refractivity contribution is 0.0695. The van der Waals surface area contributed by atoms with E-state index in [1.165, 1.54) is 24.6 Å². The average Bonchev–Trinajstić information content (AvgIpc) is 2.43. The summed E-state index contributed by atoms with van der Waals surface area (Å²) in [5.74, 6) is -1.08. The van der Waals surface area contributed by atoms with Crippen molar-refractivity contribution < 1.29 is 18.3 Å². The maximum absolute atomic E-state index is 11.0. The molecule has 0 unspecified atom stereocenters. The highest BCUT2D eigenvalue weighted by Crippen LogP contribution is 2.15. The van der Waals surface area contributed by atoms with Gasteiger partial charge in [-0.05, 0) is 49.7 Å². The molecule has 1 rings (SSSR count). The van der Waals surface area contributed by atoms with Crippen LogP contribution in [0.5, 0.6) is 0 Å². The Labute approximate surface area is 126 Å². The van der Waals surface area contributed by atoms with Gasteiger partial charge >= 0.3 is 5.97 Å². The fraction of sp³-hybridized carbons (Fsp3) is 0.500. The number of hydrogen-bond donors (Lipinski definition) is 3. The second-order valence-electron chi connectivity index (χ2n) is 4.38. The number of rotatable bonds is 6. The molecule has 0 aliphatic carbocycles. The first-order valence-electron chi connectivity index (χ1n) is 6.87. The number of carboxylic acid groups (broad SMARTS) is 1. The summed E-state index contributed by atoms with van der Waals surface area (Å²) in [6, 6.07) is 3.73. The molecule has 1 aromatic carbocycles. The molecular weight excluding hydrogens is 292 g/mol. The van der Waals surface area contributed by atoms with Gasteiger partial charge in [0.25, 0.3) is 0 Å².